The lowest BCUT2D eigenvalue weighted by Crippen LogP contribution is -2.78. The highest BCUT2D eigenvalue weighted by Gasteiger charge is 2.74. The summed E-state index contributed by atoms with van der Waals surface area (Å²) in [7, 11) is 0. The van der Waals surface area contributed by atoms with Crippen LogP contribution in [0.4, 0.5) is 0 Å². The van der Waals surface area contributed by atoms with E-state index in [1.165, 1.54) is 0 Å². The molecule has 2 aromatic carbocycles. The van der Waals surface area contributed by atoms with Crippen molar-refractivity contribution in [2.24, 2.45) is 28.6 Å². The van der Waals surface area contributed by atoms with Gasteiger partial charge in [-0.15, -0.1) is 0 Å². The molecule has 1 saturated heterocycles. The van der Waals surface area contributed by atoms with E-state index in [1.807, 2.05) is 0 Å². The number of ether oxygens (including phenoxy) is 1. The van der Waals surface area contributed by atoms with Crippen molar-refractivity contribution in [3.05, 3.63) is 82.9 Å². The minimum Gasteiger partial charge on any atom is -0.392 e. The second-order valence-electron chi connectivity index (χ2n) is 15.1. The fraction of sp³-hybridized carbons (Fsp3) is 0.568. The lowest BCUT2D eigenvalue weighted by molar-refractivity contribution is -0.339. The Hall–Kier alpha value is -3.00. The Labute approximate surface area is 280 Å². The molecule has 11 heteroatoms. The zero-order valence-electron chi connectivity index (χ0n) is 27.9. The van der Waals surface area contributed by atoms with Gasteiger partial charge >= 0.3 is 0 Å². The predicted octanol–water partition coefficient (Wildman–Crippen LogP) is 2.57. The maximum absolute atomic E-state index is 14.4. The summed E-state index contributed by atoms with van der Waals surface area (Å²) < 4.78 is 5.64. The van der Waals surface area contributed by atoms with Crippen molar-refractivity contribution in [1.82, 2.24) is 5.32 Å². The molecular formula is C37H47NO10. The fourth-order valence-corrected chi connectivity index (χ4v) is 9.83. The first-order valence-corrected chi connectivity index (χ1v) is 16.6. The molecule has 1 amide bonds. The summed E-state index contributed by atoms with van der Waals surface area (Å²) in [4.78, 5) is 32.9. The van der Waals surface area contributed by atoms with Gasteiger partial charge in [0.2, 0.25) is 0 Å². The summed E-state index contributed by atoms with van der Waals surface area (Å²) in [5.41, 5.74) is -4.68. The first kappa shape index (κ1) is 34.8. The van der Waals surface area contributed by atoms with Crippen LogP contribution < -0.4 is 5.32 Å². The molecule has 2 bridgehead atoms. The summed E-state index contributed by atoms with van der Waals surface area (Å²) in [6.07, 6.45) is -6.95. The second-order valence-corrected chi connectivity index (χ2v) is 15.1. The van der Waals surface area contributed by atoms with Crippen LogP contribution in [0.5, 0.6) is 0 Å². The zero-order chi connectivity index (χ0) is 35.0. The van der Waals surface area contributed by atoms with Gasteiger partial charge in [-0.3, -0.25) is 14.8 Å². The Morgan fingerprint density at radius 3 is 2.19 bits per heavy atom. The van der Waals surface area contributed by atoms with Gasteiger partial charge in [-0.05, 0) is 49.5 Å². The smallest absolute Gasteiger partial charge is 0.251 e. The van der Waals surface area contributed by atoms with Gasteiger partial charge < -0.3 is 35.6 Å². The van der Waals surface area contributed by atoms with Gasteiger partial charge in [0, 0.05) is 29.2 Å². The molecule has 1 aliphatic heterocycles. The van der Waals surface area contributed by atoms with Crippen molar-refractivity contribution in [1.29, 1.82) is 0 Å². The monoisotopic (exact) mass is 665 g/mol. The number of carbonyl (C=O) groups excluding carboxylic acids is 2. The van der Waals surface area contributed by atoms with Gasteiger partial charge in [-0.25, -0.2) is 4.89 Å². The average molecular weight is 666 g/mol. The normalized spacial score (nSPS) is 39.1. The Kier molecular flexibility index (Phi) is 8.78. The van der Waals surface area contributed by atoms with E-state index in [2.05, 4.69) is 5.32 Å². The topological polar surface area (TPSA) is 186 Å². The minimum absolute atomic E-state index is 0.000644. The highest BCUT2D eigenvalue weighted by molar-refractivity contribution is 5.94. The Bertz CT molecular complexity index is 1580. The number of fused-ring (bicyclic) bond motifs is 5. The quantitative estimate of drug-likeness (QED) is 0.132. The van der Waals surface area contributed by atoms with Gasteiger partial charge in [0.1, 0.15) is 23.9 Å². The molecule has 3 fully saturated rings. The number of hydrogen-bond acceptors (Lipinski definition) is 10. The molecule has 12 atom stereocenters. The molecule has 2 saturated carbocycles. The zero-order valence-corrected chi connectivity index (χ0v) is 27.9. The molecule has 4 aliphatic rings. The SMILES string of the molecule is CC1=C2C(O)C(=O)[C@]3(C)C(O)CC4OC[C@@]4(O)C3C(C)C(O)(CC1[C@H](OO)C(O)C(NC(=O)c1ccccc1)c1ccccc1)C2(C)C. The van der Waals surface area contributed by atoms with Crippen molar-refractivity contribution in [2.45, 2.75) is 95.2 Å². The van der Waals surface area contributed by atoms with E-state index in [9.17, 15) is 40.4 Å². The van der Waals surface area contributed by atoms with Crippen LogP contribution in [0.2, 0.25) is 0 Å². The average Bonchev–Trinajstić information content (AvgIpc) is 3.07. The van der Waals surface area contributed by atoms with Gasteiger partial charge in [-0.1, -0.05) is 74.9 Å². The number of amides is 1. The molecular weight excluding hydrogens is 618 g/mol. The number of ketones is 1. The predicted molar refractivity (Wildman–Crippen MR) is 173 cm³/mol. The van der Waals surface area contributed by atoms with Crippen LogP contribution in [0.1, 0.15) is 69.4 Å². The summed E-state index contributed by atoms with van der Waals surface area (Å²) >= 11 is 0. The van der Waals surface area contributed by atoms with E-state index < -0.39 is 88.0 Å². The summed E-state index contributed by atoms with van der Waals surface area (Å²) in [5, 5.41) is 73.7. The summed E-state index contributed by atoms with van der Waals surface area (Å²) in [6.45, 7) is 8.31. The van der Waals surface area contributed by atoms with Crippen LogP contribution >= 0.6 is 0 Å². The van der Waals surface area contributed by atoms with E-state index in [0.29, 0.717) is 16.7 Å². The molecule has 1 heterocycles. The number of rotatable bonds is 7. The van der Waals surface area contributed by atoms with Crippen molar-refractivity contribution < 1.29 is 50.0 Å². The molecule has 3 aliphatic carbocycles. The first-order valence-electron chi connectivity index (χ1n) is 16.6. The van der Waals surface area contributed by atoms with E-state index in [4.69, 9.17) is 9.62 Å². The van der Waals surface area contributed by atoms with Crippen molar-refractivity contribution >= 4 is 11.7 Å². The largest absolute Gasteiger partial charge is 0.392 e. The van der Waals surface area contributed by atoms with Crippen molar-refractivity contribution in [3.63, 3.8) is 0 Å². The van der Waals surface area contributed by atoms with E-state index in [0.717, 1.165) is 0 Å². The van der Waals surface area contributed by atoms with E-state index >= 15 is 0 Å². The van der Waals surface area contributed by atoms with Crippen LogP contribution in [-0.4, -0.2) is 90.8 Å². The number of aliphatic hydroxyl groups is 5. The number of benzene rings is 2. The van der Waals surface area contributed by atoms with Crippen LogP contribution in [0.3, 0.4) is 0 Å². The third-order valence-electron chi connectivity index (χ3n) is 12.6. The number of nitrogens with one attached hydrogen (secondary N) is 1. The third kappa shape index (κ3) is 4.85. The molecule has 0 radical (unpaired) electrons. The molecule has 6 rings (SSSR count). The molecule has 11 nitrogen and oxygen atoms in total. The lowest BCUT2D eigenvalue weighted by Gasteiger charge is -2.67. The standard InChI is InChI=1S/C37H47NO10/c1-19-23(30(48-46)29(41)27(21-12-8-6-9-13-21)38-33(43)22-14-10-7-11-15-22)17-37(45)20(2)31-35(5,24(39)16-25-36(31,44)18-47-25)32(42)28(40)26(19)34(37,3)4/h6-15,20,23-25,27-31,39-41,44-46H,16-18H2,1-5H3,(H,38,43)/t20?,23?,24?,25?,27?,28?,29?,30-,31?,35+,36-,37?/m0/s1. The number of carbonyl (C=O) groups is 2. The van der Waals surface area contributed by atoms with E-state index in [-0.39, 0.29) is 25.0 Å². The summed E-state index contributed by atoms with van der Waals surface area (Å²) in [5.74, 6) is -4.00. The Morgan fingerprint density at radius 2 is 1.62 bits per heavy atom. The molecule has 0 spiro atoms. The molecule has 7 N–H and O–H groups in total. The molecule has 260 valence electrons. The second kappa shape index (κ2) is 12.1. The fourth-order valence-electron chi connectivity index (χ4n) is 9.83. The maximum Gasteiger partial charge on any atom is 0.251 e. The van der Waals surface area contributed by atoms with Gasteiger partial charge in [0.05, 0.1) is 35.9 Å². The van der Waals surface area contributed by atoms with Crippen LogP contribution in [0.25, 0.3) is 0 Å². The summed E-state index contributed by atoms with van der Waals surface area (Å²) in [6, 6.07) is 16.1. The maximum atomic E-state index is 14.4. The van der Waals surface area contributed by atoms with Gasteiger partial charge in [0.25, 0.3) is 5.91 Å². The van der Waals surface area contributed by atoms with Crippen LogP contribution in [0, 0.1) is 28.6 Å². The Morgan fingerprint density at radius 1 is 1.02 bits per heavy atom. The van der Waals surface area contributed by atoms with Crippen LogP contribution in [-0.2, 0) is 14.4 Å². The Balaban J connectivity index is 1.46. The lowest BCUT2D eigenvalue weighted by atomic mass is 9.42. The van der Waals surface area contributed by atoms with Gasteiger partial charge in [-0.2, -0.15) is 0 Å². The van der Waals surface area contributed by atoms with E-state index in [1.54, 1.807) is 95.3 Å². The number of hydrogen-bond donors (Lipinski definition) is 7. The highest BCUT2D eigenvalue weighted by Crippen LogP contribution is 2.65. The molecule has 0 aromatic heterocycles. The van der Waals surface area contributed by atoms with Crippen molar-refractivity contribution in [3.8, 4) is 0 Å². The van der Waals surface area contributed by atoms with Gasteiger partial charge in [0.15, 0.2) is 5.78 Å². The molecule has 9 unspecified atom stereocenters. The number of Topliss-reactive ketones (excluding diaryl/α,β-unsaturated/α-hetero) is 1. The molecule has 2 aromatic rings. The number of aliphatic hydroxyl groups excluding tert-OH is 3. The van der Waals surface area contributed by atoms with Crippen molar-refractivity contribution in [2.75, 3.05) is 6.61 Å². The third-order valence-corrected chi connectivity index (χ3v) is 12.6. The van der Waals surface area contributed by atoms with Crippen LogP contribution in [0.15, 0.2) is 71.8 Å². The molecule has 48 heavy (non-hydrogen) atoms. The minimum atomic E-state index is -1.79. The first-order chi connectivity index (χ1) is 22.6. The highest BCUT2D eigenvalue weighted by atomic mass is 17.1.